The molecule has 0 aliphatic carbocycles. The first-order chi connectivity index (χ1) is 9.58. The van der Waals surface area contributed by atoms with Crippen molar-refractivity contribution >= 4 is 10.8 Å². The molecule has 0 aliphatic rings. The molecule has 1 aromatic rings. The lowest BCUT2D eigenvalue weighted by Gasteiger charge is -2.20. The van der Waals surface area contributed by atoms with Crippen molar-refractivity contribution in [2.45, 2.75) is 53.0 Å². The smallest absolute Gasteiger partial charge is 0.0439 e. The summed E-state index contributed by atoms with van der Waals surface area (Å²) in [6, 6.07) is 6.75. The zero-order valence-electron chi connectivity index (χ0n) is 13.4. The van der Waals surface area contributed by atoms with E-state index in [0.29, 0.717) is 0 Å². The number of rotatable bonds is 9. The molecule has 0 saturated heterocycles. The van der Waals surface area contributed by atoms with E-state index in [-0.39, 0.29) is 6.04 Å². The van der Waals surface area contributed by atoms with E-state index in [4.69, 9.17) is 0 Å². The van der Waals surface area contributed by atoms with E-state index in [1.807, 2.05) is 0 Å². The molecule has 0 aromatic heterocycles. The van der Waals surface area contributed by atoms with Gasteiger partial charge in [0.25, 0.3) is 0 Å². The fourth-order valence-corrected chi connectivity index (χ4v) is 3.87. The summed E-state index contributed by atoms with van der Waals surface area (Å²) in [5.74, 6) is 1.56. The molecule has 1 rings (SSSR count). The third kappa shape index (κ3) is 5.76. The van der Waals surface area contributed by atoms with Gasteiger partial charge in [0.15, 0.2) is 0 Å². The Morgan fingerprint density at radius 2 is 1.95 bits per heavy atom. The van der Waals surface area contributed by atoms with Gasteiger partial charge in [0, 0.05) is 28.3 Å². The Kier molecular flexibility index (Phi) is 8.08. The molecule has 1 aromatic carbocycles. The number of hydrogen-bond acceptors (Lipinski definition) is 2. The molecule has 0 saturated carbocycles. The summed E-state index contributed by atoms with van der Waals surface area (Å²) < 4.78 is 12.2. The molecular weight excluding hydrogens is 266 g/mol. The maximum Gasteiger partial charge on any atom is 0.0439 e. The Morgan fingerprint density at radius 1 is 1.20 bits per heavy atom. The van der Waals surface area contributed by atoms with Gasteiger partial charge in [-0.15, -0.1) is 0 Å². The highest BCUT2D eigenvalue weighted by Crippen LogP contribution is 2.20. The maximum atomic E-state index is 12.2. The van der Waals surface area contributed by atoms with Crippen LogP contribution in [0.15, 0.2) is 18.2 Å². The third-order valence-electron chi connectivity index (χ3n) is 3.58. The summed E-state index contributed by atoms with van der Waals surface area (Å²) in [6.45, 7) is 9.45. The van der Waals surface area contributed by atoms with Crippen molar-refractivity contribution in [2.24, 2.45) is 0 Å². The summed E-state index contributed by atoms with van der Waals surface area (Å²) in [6.07, 6.45) is 3.45. The monoisotopic (exact) mass is 295 g/mol. The zero-order chi connectivity index (χ0) is 15.0. The van der Waals surface area contributed by atoms with E-state index < -0.39 is 10.8 Å². The van der Waals surface area contributed by atoms with E-state index in [1.165, 1.54) is 29.5 Å². The lowest BCUT2D eigenvalue weighted by Crippen LogP contribution is -2.27. The largest absolute Gasteiger partial charge is 0.309 e. The minimum absolute atomic E-state index is 0.211. The molecular formula is C17H29NOS. The molecule has 0 bridgehead atoms. The number of benzene rings is 1. The summed E-state index contributed by atoms with van der Waals surface area (Å²) in [4.78, 5) is 0. The van der Waals surface area contributed by atoms with E-state index in [2.05, 4.69) is 51.2 Å². The Bertz CT molecular complexity index is 431. The lowest BCUT2D eigenvalue weighted by atomic mass is 10.0. The van der Waals surface area contributed by atoms with Gasteiger partial charge in [0.2, 0.25) is 0 Å². The second-order valence-electron chi connectivity index (χ2n) is 5.49. The van der Waals surface area contributed by atoms with Crippen molar-refractivity contribution in [2.75, 3.05) is 18.1 Å². The summed E-state index contributed by atoms with van der Waals surface area (Å²) in [7, 11) is -0.730. The fraction of sp³-hybridized carbons (Fsp3) is 0.647. The van der Waals surface area contributed by atoms with Gasteiger partial charge in [-0.3, -0.25) is 4.21 Å². The van der Waals surface area contributed by atoms with Crippen LogP contribution < -0.4 is 5.32 Å². The first-order valence-corrected chi connectivity index (χ1v) is 9.22. The number of hydrogen-bond donors (Lipinski definition) is 1. The molecule has 0 spiro atoms. The van der Waals surface area contributed by atoms with E-state index in [9.17, 15) is 4.21 Å². The molecule has 0 amide bonds. The number of nitrogens with one attached hydrogen (secondary N) is 1. The van der Waals surface area contributed by atoms with Crippen LogP contribution in [0.2, 0.25) is 0 Å². The van der Waals surface area contributed by atoms with E-state index >= 15 is 0 Å². The van der Waals surface area contributed by atoms with Crippen LogP contribution in [0, 0.1) is 13.8 Å². The van der Waals surface area contributed by atoms with Crippen molar-refractivity contribution in [3.63, 3.8) is 0 Å². The number of aryl methyl sites for hydroxylation is 2. The predicted octanol–water partition coefficient (Wildman–Crippen LogP) is 3.89. The van der Waals surface area contributed by atoms with Crippen LogP contribution in [0.1, 0.15) is 55.8 Å². The Labute approximate surface area is 126 Å². The van der Waals surface area contributed by atoms with Crippen LogP contribution >= 0.6 is 0 Å². The molecule has 0 radical (unpaired) electrons. The van der Waals surface area contributed by atoms with Crippen LogP contribution in [0.25, 0.3) is 0 Å². The quantitative estimate of drug-likeness (QED) is 0.700. The molecule has 1 N–H and O–H groups in total. The van der Waals surface area contributed by atoms with Gasteiger partial charge in [-0.05, 0) is 37.9 Å². The van der Waals surface area contributed by atoms with Crippen molar-refractivity contribution in [1.82, 2.24) is 5.32 Å². The van der Waals surface area contributed by atoms with Crippen LogP contribution in [-0.4, -0.2) is 22.3 Å². The maximum absolute atomic E-state index is 12.2. The fourth-order valence-electron chi connectivity index (χ4n) is 2.50. The van der Waals surface area contributed by atoms with Crippen molar-refractivity contribution in [3.8, 4) is 0 Å². The van der Waals surface area contributed by atoms with Crippen molar-refractivity contribution in [3.05, 3.63) is 34.9 Å². The molecule has 20 heavy (non-hydrogen) atoms. The molecule has 2 unspecified atom stereocenters. The second kappa shape index (κ2) is 9.30. The molecule has 0 aliphatic heterocycles. The van der Waals surface area contributed by atoms with E-state index in [0.717, 1.165) is 24.5 Å². The van der Waals surface area contributed by atoms with Gasteiger partial charge in [0.05, 0.1) is 0 Å². The van der Waals surface area contributed by atoms with Crippen LogP contribution in [0.4, 0.5) is 0 Å². The Hall–Kier alpha value is -0.670. The molecule has 3 heteroatoms. The Morgan fingerprint density at radius 3 is 2.55 bits per heavy atom. The SMILES string of the molecule is CCCCCS(=O)CC(NCC)c1ccc(C)cc1C. The first-order valence-electron chi connectivity index (χ1n) is 7.74. The van der Waals surface area contributed by atoms with Gasteiger partial charge < -0.3 is 5.32 Å². The normalized spacial score (nSPS) is 14.2. The summed E-state index contributed by atoms with van der Waals surface area (Å²) >= 11 is 0. The zero-order valence-corrected chi connectivity index (χ0v) is 14.2. The van der Waals surface area contributed by atoms with Gasteiger partial charge in [0.1, 0.15) is 0 Å². The minimum Gasteiger partial charge on any atom is -0.309 e. The molecule has 0 heterocycles. The van der Waals surface area contributed by atoms with E-state index in [1.54, 1.807) is 0 Å². The van der Waals surface area contributed by atoms with Gasteiger partial charge in [-0.1, -0.05) is 50.5 Å². The van der Waals surface area contributed by atoms with Crippen molar-refractivity contribution < 1.29 is 4.21 Å². The first kappa shape index (κ1) is 17.4. The predicted molar refractivity (Wildman–Crippen MR) is 89.7 cm³/mol. The standard InChI is InChI=1S/C17H29NOS/c1-5-7-8-11-20(19)13-17(18-6-2)16-10-9-14(3)12-15(16)4/h9-10,12,17-18H,5-8,11,13H2,1-4H3. The average Bonchev–Trinajstić information content (AvgIpc) is 2.38. The van der Waals surface area contributed by atoms with Crippen LogP contribution in [0.5, 0.6) is 0 Å². The molecule has 2 atom stereocenters. The molecule has 114 valence electrons. The summed E-state index contributed by atoms with van der Waals surface area (Å²) in [5, 5.41) is 3.49. The van der Waals surface area contributed by atoms with Crippen LogP contribution in [0.3, 0.4) is 0 Å². The summed E-state index contributed by atoms with van der Waals surface area (Å²) in [5.41, 5.74) is 3.87. The Balaban J connectivity index is 2.70. The van der Waals surface area contributed by atoms with Crippen LogP contribution in [-0.2, 0) is 10.8 Å². The molecule has 0 fully saturated rings. The van der Waals surface area contributed by atoms with Gasteiger partial charge in [-0.2, -0.15) is 0 Å². The minimum atomic E-state index is -0.730. The van der Waals surface area contributed by atoms with Crippen molar-refractivity contribution in [1.29, 1.82) is 0 Å². The molecule has 2 nitrogen and oxygen atoms in total. The highest BCUT2D eigenvalue weighted by molar-refractivity contribution is 7.85. The second-order valence-corrected chi connectivity index (χ2v) is 7.11. The van der Waals surface area contributed by atoms with Gasteiger partial charge in [-0.25, -0.2) is 0 Å². The highest BCUT2D eigenvalue weighted by atomic mass is 32.2. The highest BCUT2D eigenvalue weighted by Gasteiger charge is 2.15. The lowest BCUT2D eigenvalue weighted by molar-refractivity contribution is 0.590. The average molecular weight is 295 g/mol. The third-order valence-corrected chi connectivity index (χ3v) is 5.03. The number of unbranched alkanes of at least 4 members (excludes halogenated alkanes) is 2. The van der Waals surface area contributed by atoms with Gasteiger partial charge >= 0.3 is 0 Å². The topological polar surface area (TPSA) is 29.1 Å².